The first-order valence-electron chi connectivity index (χ1n) is 7.68. The smallest absolute Gasteiger partial charge is 0.258 e. The normalized spacial score (nSPS) is 32.6. The van der Waals surface area contributed by atoms with E-state index < -0.39 is 28.8 Å². The van der Waals surface area contributed by atoms with Crippen LogP contribution in [0.2, 0.25) is 0 Å². The molecule has 0 unspecified atom stereocenters. The summed E-state index contributed by atoms with van der Waals surface area (Å²) in [6, 6.07) is 3.10. The SMILES string of the molecule is NC12CCC(NC(=O)COc3ccc(F)c(F)c3)(CC1)C[C@@H]2O. The van der Waals surface area contributed by atoms with Gasteiger partial charge in [-0.2, -0.15) is 0 Å². The molecule has 0 saturated heterocycles. The van der Waals surface area contributed by atoms with Crippen molar-refractivity contribution in [1.29, 1.82) is 0 Å². The molecule has 0 spiro atoms. The van der Waals surface area contributed by atoms with Crippen molar-refractivity contribution in [1.82, 2.24) is 5.32 Å². The highest BCUT2D eigenvalue weighted by Gasteiger charge is 2.52. The summed E-state index contributed by atoms with van der Waals surface area (Å²) in [5.41, 5.74) is 5.15. The number of benzene rings is 1. The van der Waals surface area contributed by atoms with Crippen LogP contribution in [0.25, 0.3) is 0 Å². The molecule has 3 aliphatic carbocycles. The topological polar surface area (TPSA) is 84.6 Å². The molecule has 4 N–H and O–H groups in total. The van der Waals surface area contributed by atoms with Gasteiger partial charge in [-0.3, -0.25) is 4.79 Å². The van der Waals surface area contributed by atoms with Crippen molar-refractivity contribution in [2.45, 2.75) is 49.3 Å². The van der Waals surface area contributed by atoms with E-state index in [-0.39, 0.29) is 18.3 Å². The van der Waals surface area contributed by atoms with Gasteiger partial charge in [-0.05, 0) is 44.2 Å². The number of rotatable bonds is 4. The van der Waals surface area contributed by atoms with E-state index in [2.05, 4.69) is 5.32 Å². The molecule has 23 heavy (non-hydrogen) atoms. The van der Waals surface area contributed by atoms with Crippen LogP contribution < -0.4 is 15.8 Å². The molecule has 4 rings (SSSR count). The molecule has 3 fully saturated rings. The van der Waals surface area contributed by atoms with Crippen LogP contribution in [0, 0.1) is 11.6 Å². The largest absolute Gasteiger partial charge is 0.484 e. The molecule has 3 aliphatic rings. The Morgan fingerprint density at radius 2 is 2.00 bits per heavy atom. The van der Waals surface area contributed by atoms with Gasteiger partial charge in [0.25, 0.3) is 5.91 Å². The lowest BCUT2D eigenvalue weighted by Crippen LogP contribution is -2.68. The predicted molar refractivity (Wildman–Crippen MR) is 78.7 cm³/mol. The third kappa shape index (κ3) is 3.16. The average molecular weight is 326 g/mol. The summed E-state index contributed by atoms with van der Waals surface area (Å²) in [5.74, 6) is -2.26. The van der Waals surface area contributed by atoms with Gasteiger partial charge < -0.3 is 20.9 Å². The zero-order chi connectivity index (χ0) is 16.7. The maximum atomic E-state index is 13.1. The van der Waals surface area contributed by atoms with E-state index in [1.54, 1.807) is 0 Å². The number of hydrogen-bond acceptors (Lipinski definition) is 4. The van der Waals surface area contributed by atoms with Crippen LogP contribution in [0.5, 0.6) is 5.75 Å². The molecule has 0 heterocycles. The van der Waals surface area contributed by atoms with Crippen molar-refractivity contribution >= 4 is 5.91 Å². The molecule has 2 bridgehead atoms. The number of amides is 1. The highest BCUT2D eigenvalue weighted by atomic mass is 19.2. The number of aliphatic hydroxyl groups excluding tert-OH is 1. The number of nitrogens with two attached hydrogens (primary N) is 1. The molecule has 1 aromatic carbocycles. The molecule has 1 aromatic rings. The van der Waals surface area contributed by atoms with Crippen molar-refractivity contribution in [2.75, 3.05) is 6.61 Å². The maximum absolute atomic E-state index is 13.1. The Kier molecular flexibility index (Phi) is 4.01. The lowest BCUT2D eigenvalue weighted by Gasteiger charge is -2.54. The van der Waals surface area contributed by atoms with Crippen molar-refractivity contribution in [3.63, 3.8) is 0 Å². The number of hydrogen-bond donors (Lipinski definition) is 3. The molecular weight excluding hydrogens is 306 g/mol. The summed E-state index contributed by atoms with van der Waals surface area (Å²) >= 11 is 0. The van der Waals surface area contributed by atoms with Crippen LogP contribution in [0.15, 0.2) is 18.2 Å². The van der Waals surface area contributed by atoms with Gasteiger partial charge in [-0.25, -0.2) is 8.78 Å². The predicted octanol–water partition coefficient (Wildman–Crippen LogP) is 1.23. The van der Waals surface area contributed by atoms with Gasteiger partial charge >= 0.3 is 0 Å². The Morgan fingerprint density at radius 1 is 1.30 bits per heavy atom. The number of carbonyl (C=O) groups excluding carboxylic acids is 1. The van der Waals surface area contributed by atoms with Gasteiger partial charge in [0.1, 0.15) is 5.75 Å². The standard InChI is InChI=1S/C16H20F2N2O3/c17-11-2-1-10(7-12(11)18)23-9-14(22)20-15-3-5-16(19,6-4-15)13(21)8-15/h1-2,7,13,21H,3-6,8-9,19H2,(H,20,22)/t13-,15?,16?/m0/s1. The first-order valence-corrected chi connectivity index (χ1v) is 7.68. The first-order chi connectivity index (χ1) is 10.8. The average Bonchev–Trinajstić information content (AvgIpc) is 2.51. The van der Waals surface area contributed by atoms with E-state index in [1.807, 2.05) is 0 Å². The second-order valence-electron chi connectivity index (χ2n) is 6.65. The third-order valence-corrected chi connectivity index (χ3v) is 5.05. The molecule has 3 saturated carbocycles. The van der Waals surface area contributed by atoms with Gasteiger partial charge in [0.05, 0.1) is 6.10 Å². The zero-order valence-electron chi connectivity index (χ0n) is 12.6. The van der Waals surface area contributed by atoms with Gasteiger partial charge in [-0.15, -0.1) is 0 Å². The van der Waals surface area contributed by atoms with Gasteiger partial charge in [0.2, 0.25) is 0 Å². The minimum atomic E-state index is -1.02. The maximum Gasteiger partial charge on any atom is 0.258 e. The van der Waals surface area contributed by atoms with Crippen molar-refractivity contribution in [2.24, 2.45) is 5.73 Å². The van der Waals surface area contributed by atoms with Crippen LogP contribution in [-0.4, -0.2) is 34.8 Å². The number of fused-ring (bicyclic) bond motifs is 3. The fourth-order valence-corrected chi connectivity index (χ4v) is 3.53. The minimum absolute atomic E-state index is 0.0878. The summed E-state index contributed by atoms with van der Waals surface area (Å²) in [5, 5.41) is 13.0. The number of ether oxygens (including phenoxy) is 1. The molecule has 5 nitrogen and oxygen atoms in total. The monoisotopic (exact) mass is 326 g/mol. The van der Waals surface area contributed by atoms with Crippen LogP contribution >= 0.6 is 0 Å². The molecule has 0 aromatic heterocycles. The lowest BCUT2D eigenvalue weighted by molar-refractivity contribution is -0.128. The van der Waals surface area contributed by atoms with Crippen LogP contribution in [0.4, 0.5) is 8.78 Å². The second kappa shape index (κ2) is 5.72. The molecule has 0 radical (unpaired) electrons. The third-order valence-electron chi connectivity index (χ3n) is 5.05. The summed E-state index contributed by atoms with van der Waals surface area (Å²) in [6.07, 6.45) is 2.57. The van der Waals surface area contributed by atoms with E-state index >= 15 is 0 Å². The molecule has 126 valence electrons. The van der Waals surface area contributed by atoms with Gasteiger partial charge in [-0.1, -0.05) is 0 Å². The molecule has 7 heteroatoms. The number of halogens is 2. The molecular formula is C16H20F2N2O3. The quantitative estimate of drug-likeness (QED) is 0.777. The zero-order valence-corrected chi connectivity index (χ0v) is 12.6. The van der Waals surface area contributed by atoms with E-state index in [1.165, 1.54) is 6.07 Å². The van der Waals surface area contributed by atoms with E-state index in [0.717, 1.165) is 25.0 Å². The van der Waals surface area contributed by atoms with Crippen LogP contribution in [0.3, 0.4) is 0 Å². The summed E-state index contributed by atoms with van der Waals surface area (Å²) < 4.78 is 31.1. The van der Waals surface area contributed by atoms with Crippen molar-refractivity contribution in [3.05, 3.63) is 29.8 Å². The fraction of sp³-hybridized carbons (Fsp3) is 0.562. The first kappa shape index (κ1) is 16.1. The Morgan fingerprint density at radius 3 is 2.61 bits per heavy atom. The second-order valence-corrected chi connectivity index (χ2v) is 6.65. The fourth-order valence-electron chi connectivity index (χ4n) is 3.53. The molecule has 1 atom stereocenters. The molecule has 1 amide bonds. The summed E-state index contributed by atoms with van der Waals surface area (Å²) in [4.78, 5) is 12.1. The van der Waals surface area contributed by atoms with Crippen molar-refractivity contribution < 1.29 is 23.4 Å². The highest BCUT2D eigenvalue weighted by Crippen LogP contribution is 2.45. The van der Waals surface area contributed by atoms with Gasteiger partial charge in [0.15, 0.2) is 18.2 Å². The van der Waals surface area contributed by atoms with Crippen LogP contribution in [-0.2, 0) is 4.79 Å². The summed E-state index contributed by atoms with van der Waals surface area (Å²) in [6.45, 7) is -0.295. The Hall–Kier alpha value is -1.73. The number of carbonyl (C=O) groups is 1. The number of aliphatic hydroxyl groups is 1. The highest BCUT2D eigenvalue weighted by molar-refractivity contribution is 5.78. The Labute approximate surface area is 132 Å². The van der Waals surface area contributed by atoms with E-state index in [4.69, 9.17) is 10.5 Å². The summed E-state index contributed by atoms with van der Waals surface area (Å²) in [7, 11) is 0. The van der Waals surface area contributed by atoms with Crippen molar-refractivity contribution in [3.8, 4) is 5.75 Å². The Bertz CT molecular complexity index is 615. The number of nitrogens with one attached hydrogen (secondary N) is 1. The van der Waals surface area contributed by atoms with Crippen LogP contribution in [0.1, 0.15) is 32.1 Å². The van der Waals surface area contributed by atoms with E-state index in [9.17, 15) is 18.7 Å². The van der Waals surface area contributed by atoms with E-state index in [0.29, 0.717) is 19.3 Å². The van der Waals surface area contributed by atoms with Gasteiger partial charge in [0, 0.05) is 17.1 Å². The lowest BCUT2D eigenvalue weighted by atomic mass is 9.60. The molecule has 0 aliphatic heterocycles. The Balaban J connectivity index is 1.56. The minimum Gasteiger partial charge on any atom is -0.484 e.